The second kappa shape index (κ2) is 5.21. The molecule has 0 fully saturated rings. The maximum absolute atomic E-state index is 9.20. The van der Waals surface area contributed by atoms with Gasteiger partial charge in [-0.05, 0) is 25.1 Å². The molecule has 1 heterocycles. The molecule has 0 spiro atoms. The summed E-state index contributed by atoms with van der Waals surface area (Å²) in [5, 5.41) is 9.97. The van der Waals surface area contributed by atoms with Gasteiger partial charge in [0.25, 0.3) is 0 Å². The number of phenols is 1. The molecule has 1 N–H and O–H groups in total. The van der Waals surface area contributed by atoms with Crippen molar-refractivity contribution >= 4 is 11.0 Å². The van der Waals surface area contributed by atoms with Crippen LogP contribution in [0.15, 0.2) is 65.3 Å². The predicted octanol–water partition coefficient (Wildman–Crippen LogP) is 4.13. The standard InChI is InChI=1S/C8H6O2.C7H8/c9-7-2-1-3-8-6(7)4-5-10-8;1-7-5-3-2-4-6-7/h1-5,9H;2-6H,1H3. The molecule has 0 radical (unpaired) electrons. The Morgan fingerprint density at radius 3 is 2.24 bits per heavy atom. The molecule has 0 amide bonds. The molecule has 0 atom stereocenters. The van der Waals surface area contributed by atoms with Gasteiger partial charge in [0.1, 0.15) is 11.3 Å². The molecule has 3 aromatic rings. The topological polar surface area (TPSA) is 33.4 Å². The molecule has 0 saturated carbocycles. The third-order valence-electron chi connectivity index (χ3n) is 2.41. The number of furan rings is 1. The van der Waals surface area contributed by atoms with Crippen molar-refractivity contribution in [2.45, 2.75) is 6.92 Å². The van der Waals surface area contributed by atoms with Gasteiger partial charge < -0.3 is 9.52 Å². The van der Waals surface area contributed by atoms with Gasteiger partial charge in [0.2, 0.25) is 0 Å². The van der Waals surface area contributed by atoms with Crippen LogP contribution in [0.3, 0.4) is 0 Å². The number of benzene rings is 2. The molecule has 2 aromatic carbocycles. The summed E-state index contributed by atoms with van der Waals surface area (Å²) in [7, 11) is 0. The van der Waals surface area contributed by atoms with E-state index in [0.717, 1.165) is 11.0 Å². The number of rotatable bonds is 0. The van der Waals surface area contributed by atoms with E-state index >= 15 is 0 Å². The molecule has 0 aliphatic heterocycles. The molecule has 1 aromatic heterocycles. The van der Waals surface area contributed by atoms with E-state index in [2.05, 4.69) is 19.1 Å². The van der Waals surface area contributed by atoms with Crippen molar-refractivity contribution in [3.8, 4) is 5.75 Å². The van der Waals surface area contributed by atoms with Crippen LogP contribution in [0.5, 0.6) is 5.75 Å². The summed E-state index contributed by atoms with van der Waals surface area (Å²) in [6.45, 7) is 2.08. The second-order valence-corrected chi connectivity index (χ2v) is 3.76. The van der Waals surface area contributed by atoms with Crippen LogP contribution in [0.2, 0.25) is 0 Å². The normalized spacial score (nSPS) is 9.71. The number of phenolic OH excluding ortho intramolecular Hbond substituents is 1. The maximum Gasteiger partial charge on any atom is 0.137 e. The summed E-state index contributed by atoms with van der Waals surface area (Å²) in [6.07, 6.45) is 1.56. The van der Waals surface area contributed by atoms with Crippen LogP contribution in [0.25, 0.3) is 11.0 Å². The van der Waals surface area contributed by atoms with Crippen molar-refractivity contribution in [3.63, 3.8) is 0 Å². The van der Waals surface area contributed by atoms with Crippen LogP contribution in [0, 0.1) is 6.92 Å². The number of fused-ring (bicyclic) bond motifs is 1. The van der Waals surface area contributed by atoms with Gasteiger partial charge in [-0.15, -0.1) is 0 Å². The molecule has 17 heavy (non-hydrogen) atoms. The molecule has 0 saturated heterocycles. The Balaban J connectivity index is 0.000000136. The van der Waals surface area contributed by atoms with Gasteiger partial charge in [-0.3, -0.25) is 0 Å². The highest BCUT2D eigenvalue weighted by Gasteiger charge is 1.98. The monoisotopic (exact) mass is 226 g/mol. The summed E-state index contributed by atoms with van der Waals surface area (Å²) in [4.78, 5) is 0. The molecule has 86 valence electrons. The molecule has 0 unspecified atom stereocenters. The fraction of sp³-hybridized carbons (Fsp3) is 0.0667. The first-order chi connectivity index (χ1) is 8.27. The van der Waals surface area contributed by atoms with E-state index in [1.54, 1.807) is 24.5 Å². The Bertz CT molecular complexity index is 582. The van der Waals surface area contributed by atoms with E-state index in [0.29, 0.717) is 0 Å². The molecule has 3 rings (SSSR count). The van der Waals surface area contributed by atoms with Crippen LogP contribution < -0.4 is 0 Å². The Labute approximate surface area is 100 Å². The van der Waals surface area contributed by atoms with Crippen molar-refractivity contribution in [1.29, 1.82) is 0 Å². The molecule has 0 aliphatic rings. The minimum atomic E-state index is 0.270. The van der Waals surface area contributed by atoms with Crippen LogP contribution in [0.4, 0.5) is 0 Å². The summed E-state index contributed by atoms with van der Waals surface area (Å²) in [6, 6.07) is 17.2. The van der Waals surface area contributed by atoms with E-state index in [4.69, 9.17) is 4.42 Å². The van der Waals surface area contributed by atoms with Crippen LogP contribution >= 0.6 is 0 Å². The van der Waals surface area contributed by atoms with Gasteiger partial charge in [-0.1, -0.05) is 42.0 Å². The van der Waals surface area contributed by atoms with Crippen LogP contribution in [0.1, 0.15) is 5.56 Å². The third-order valence-corrected chi connectivity index (χ3v) is 2.41. The van der Waals surface area contributed by atoms with Gasteiger partial charge in [0.15, 0.2) is 0 Å². The highest BCUT2D eigenvalue weighted by Crippen LogP contribution is 2.24. The lowest BCUT2D eigenvalue weighted by Crippen LogP contribution is -1.63. The van der Waals surface area contributed by atoms with E-state index in [-0.39, 0.29) is 5.75 Å². The van der Waals surface area contributed by atoms with Crippen LogP contribution in [-0.2, 0) is 0 Å². The Morgan fingerprint density at radius 1 is 0.882 bits per heavy atom. The van der Waals surface area contributed by atoms with Gasteiger partial charge in [-0.2, -0.15) is 0 Å². The highest BCUT2D eigenvalue weighted by atomic mass is 16.3. The third kappa shape index (κ3) is 2.88. The number of aryl methyl sites for hydroxylation is 1. The SMILES string of the molecule is Cc1ccccc1.Oc1cccc2occc12. The Morgan fingerprint density at radius 2 is 1.65 bits per heavy atom. The summed E-state index contributed by atoms with van der Waals surface area (Å²) in [5.74, 6) is 0.270. The minimum absolute atomic E-state index is 0.270. The first-order valence-electron chi connectivity index (χ1n) is 5.44. The first kappa shape index (κ1) is 11.3. The molecule has 2 nitrogen and oxygen atoms in total. The van der Waals surface area contributed by atoms with Gasteiger partial charge in [-0.25, -0.2) is 0 Å². The highest BCUT2D eigenvalue weighted by molar-refractivity contribution is 5.83. The fourth-order valence-corrected chi connectivity index (χ4v) is 1.51. The number of aromatic hydroxyl groups is 1. The Hall–Kier alpha value is -2.22. The largest absolute Gasteiger partial charge is 0.507 e. The zero-order valence-electron chi connectivity index (χ0n) is 9.63. The molecular formula is C15H14O2. The second-order valence-electron chi connectivity index (χ2n) is 3.76. The van der Waals surface area contributed by atoms with Crippen molar-refractivity contribution in [3.05, 3.63) is 66.4 Å². The molecule has 0 aliphatic carbocycles. The smallest absolute Gasteiger partial charge is 0.137 e. The predicted molar refractivity (Wildman–Crippen MR) is 69.1 cm³/mol. The van der Waals surface area contributed by atoms with Crippen LogP contribution in [-0.4, -0.2) is 5.11 Å². The quantitative estimate of drug-likeness (QED) is 0.625. The lowest BCUT2D eigenvalue weighted by molar-refractivity contribution is 0.481. The number of hydrogen-bond donors (Lipinski definition) is 1. The van der Waals surface area contributed by atoms with E-state index in [1.165, 1.54) is 5.56 Å². The van der Waals surface area contributed by atoms with Crippen molar-refractivity contribution < 1.29 is 9.52 Å². The lowest BCUT2D eigenvalue weighted by atomic mass is 10.2. The van der Waals surface area contributed by atoms with Gasteiger partial charge in [0, 0.05) is 0 Å². The van der Waals surface area contributed by atoms with Gasteiger partial charge >= 0.3 is 0 Å². The molecule has 0 bridgehead atoms. The average Bonchev–Trinajstić information content (AvgIpc) is 2.80. The Kier molecular flexibility index (Phi) is 3.46. The van der Waals surface area contributed by atoms with E-state index < -0.39 is 0 Å². The average molecular weight is 226 g/mol. The summed E-state index contributed by atoms with van der Waals surface area (Å²) >= 11 is 0. The maximum atomic E-state index is 9.20. The van der Waals surface area contributed by atoms with E-state index in [9.17, 15) is 5.11 Å². The van der Waals surface area contributed by atoms with Gasteiger partial charge in [0.05, 0.1) is 11.6 Å². The molecule has 2 heteroatoms. The summed E-state index contributed by atoms with van der Waals surface area (Å²) in [5.41, 5.74) is 2.04. The lowest BCUT2D eigenvalue weighted by Gasteiger charge is -1.89. The van der Waals surface area contributed by atoms with E-state index in [1.807, 2.05) is 24.3 Å². The molecular weight excluding hydrogens is 212 g/mol. The first-order valence-corrected chi connectivity index (χ1v) is 5.44. The van der Waals surface area contributed by atoms with Crippen molar-refractivity contribution in [2.75, 3.05) is 0 Å². The minimum Gasteiger partial charge on any atom is -0.507 e. The zero-order valence-corrected chi connectivity index (χ0v) is 9.63. The number of hydrogen-bond acceptors (Lipinski definition) is 2. The zero-order chi connectivity index (χ0) is 12.1. The summed E-state index contributed by atoms with van der Waals surface area (Å²) < 4.78 is 5.04. The van der Waals surface area contributed by atoms with Crippen molar-refractivity contribution in [1.82, 2.24) is 0 Å². The van der Waals surface area contributed by atoms with Crippen molar-refractivity contribution in [2.24, 2.45) is 0 Å². The fourth-order valence-electron chi connectivity index (χ4n) is 1.51.